The van der Waals surface area contributed by atoms with Gasteiger partial charge < -0.3 is 0 Å². The average Bonchev–Trinajstić information content (AvgIpc) is 2.70. The first kappa shape index (κ1) is 18.0. The van der Waals surface area contributed by atoms with Crippen LogP contribution in [0.4, 0.5) is 5.69 Å². The molecule has 0 aliphatic heterocycles. The van der Waals surface area contributed by atoms with E-state index in [2.05, 4.69) is 10.5 Å². The predicted octanol–water partition coefficient (Wildman–Crippen LogP) is 4.09. The second-order valence-electron chi connectivity index (χ2n) is 5.94. The van der Waals surface area contributed by atoms with Gasteiger partial charge in [-0.3, -0.25) is 14.9 Å². The van der Waals surface area contributed by atoms with Gasteiger partial charge in [-0.25, -0.2) is 5.43 Å². The van der Waals surface area contributed by atoms with Gasteiger partial charge in [0.1, 0.15) is 0 Å². The number of hydrogen-bond acceptors (Lipinski definition) is 4. The Kier molecular flexibility index (Phi) is 5.37. The Morgan fingerprint density at radius 2 is 1.52 bits per heavy atom. The van der Waals surface area contributed by atoms with Crippen molar-refractivity contribution in [1.82, 2.24) is 5.43 Å². The van der Waals surface area contributed by atoms with Crippen LogP contribution in [-0.2, 0) is 0 Å². The smallest absolute Gasteiger partial charge is 0.267 e. The molecule has 1 amide bonds. The summed E-state index contributed by atoms with van der Waals surface area (Å²) in [4.78, 5) is 22.7. The summed E-state index contributed by atoms with van der Waals surface area (Å²) in [5.74, 6) is -0.515. The summed E-state index contributed by atoms with van der Waals surface area (Å²) < 4.78 is 0. The Hall–Kier alpha value is -3.80. The van der Waals surface area contributed by atoms with Crippen molar-refractivity contribution in [1.29, 1.82) is 0 Å². The Balaban J connectivity index is 1.92. The first-order chi connectivity index (χ1) is 13.0. The Morgan fingerprint density at radius 3 is 2.19 bits per heavy atom. The van der Waals surface area contributed by atoms with E-state index in [4.69, 9.17) is 0 Å². The molecule has 27 heavy (non-hydrogen) atoms. The van der Waals surface area contributed by atoms with Gasteiger partial charge in [-0.15, -0.1) is 0 Å². The van der Waals surface area contributed by atoms with Crippen LogP contribution in [0.25, 0.3) is 0 Å². The number of rotatable bonds is 5. The SMILES string of the molecule is Cc1ccc(C(=NNC(=O)c2cccc([N+](=O)[O-])c2)c2ccccc2)cc1. The number of carbonyl (C=O) groups is 1. The molecule has 0 aliphatic carbocycles. The van der Waals surface area contributed by atoms with Crippen molar-refractivity contribution >= 4 is 17.3 Å². The van der Waals surface area contributed by atoms with Gasteiger partial charge in [-0.1, -0.05) is 66.2 Å². The predicted molar refractivity (Wildman–Crippen MR) is 104 cm³/mol. The molecule has 0 aliphatic rings. The fraction of sp³-hybridized carbons (Fsp3) is 0.0476. The Morgan fingerprint density at radius 1 is 0.889 bits per heavy atom. The highest BCUT2D eigenvalue weighted by atomic mass is 16.6. The van der Waals surface area contributed by atoms with Gasteiger partial charge in [-0.05, 0) is 13.0 Å². The minimum absolute atomic E-state index is 0.145. The number of hydrazone groups is 1. The molecule has 0 bridgehead atoms. The zero-order chi connectivity index (χ0) is 19.2. The van der Waals surface area contributed by atoms with Crippen LogP contribution in [0.15, 0.2) is 84.0 Å². The van der Waals surface area contributed by atoms with Gasteiger partial charge >= 0.3 is 0 Å². The molecule has 0 heterocycles. The van der Waals surface area contributed by atoms with Crippen LogP contribution in [0, 0.1) is 17.0 Å². The molecule has 0 atom stereocenters. The molecule has 0 saturated carbocycles. The number of benzene rings is 3. The lowest BCUT2D eigenvalue weighted by Crippen LogP contribution is -2.20. The number of hydrogen-bond donors (Lipinski definition) is 1. The summed E-state index contributed by atoms with van der Waals surface area (Å²) in [5.41, 5.74) is 5.95. The zero-order valence-corrected chi connectivity index (χ0v) is 14.6. The monoisotopic (exact) mass is 359 g/mol. The standard InChI is InChI=1S/C21H17N3O3/c1-15-10-12-17(13-11-15)20(16-6-3-2-4-7-16)22-23-21(25)18-8-5-9-19(14-18)24(26)27/h2-14H,1H3,(H,23,25). The van der Waals surface area contributed by atoms with E-state index in [1.54, 1.807) is 0 Å². The minimum Gasteiger partial charge on any atom is -0.267 e. The third-order valence-electron chi connectivity index (χ3n) is 3.96. The maximum Gasteiger partial charge on any atom is 0.271 e. The Bertz CT molecular complexity index is 997. The van der Waals surface area contributed by atoms with Crippen LogP contribution in [-0.4, -0.2) is 16.5 Å². The number of aryl methyl sites for hydroxylation is 1. The second kappa shape index (κ2) is 8.05. The molecule has 3 aromatic carbocycles. The minimum atomic E-state index is -0.540. The zero-order valence-electron chi connectivity index (χ0n) is 14.6. The molecule has 0 spiro atoms. The van der Waals surface area contributed by atoms with Crippen LogP contribution in [0.3, 0.4) is 0 Å². The molecular formula is C21H17N3O3. The number of nitro benzene ring substituents is 1. The molecule has 134 valence electrons. The molecule has 1 N–H and O–H groups in total. The van der Waals surface area contributed by atoms with Crippen molar-refractivity contribution in [3.05, 3.63) is 111 Å². The molecule has 6 heteroatoms. The van der Waals surface area contributed by atoms with Crippen molar-refractivity contribution in [2.45, 2.75) is 6.92 Å². The molecule has 0 saturated heterocycles. The van der Waals surface area contributed by atoms with Crippen molar-refractivity contribution in [3.63, 3.8) is 0 Å². The van der Waals surface area contributed by atoms with Crippen LogP contribution < -0.4 is 5.43 Å². The molecule has 6 nitrogen and oxygen atoms in total. The summed E-state index contributed by atoms with van der Waals surface area (Å²) in [6.07, 6.45) is 0. The highest BCUT2D eigenvalue weighted by Crippen LogP contribution is 2.14. The summed E-state index contributed by atoms with van der Waals surface area (Å²) in [7, 11) is 0. The number of nitro groups is 1. The van der Waals surface area contributed by atoms with Gasteiger partial charge in [0.25, 0.3) is 11.6 Å². The lowest BCUT2D eigenvalue weighted by molar-refractivity contribution is -0.384. The van der Waals surface area contributed by atoms with Gasteiger partial charge in [0, 0.05) is 28.8 Å². The van der Waals surface area contributed by atoms with Gasteiger partial charge in [-0.2, -0.15) is 5.10 Å². The summed E-state index contributed by atoms with van der Waals surface area (Å²) in [6, 6.07) is 22.8. The number of carbonyl (C=O) groups excluding carboxylic acids is 1. The highest BCUT2D eigenvalue weighted by Gasteiger charge is 2.12. The van der Waals surface area contributed by atoms with Crippen molar-refractivity contribution in [2.75, 3.05) is 0 Å². The van der Waals surface area contributed by atoms with E-state index in [0.717, 1.165) is 16.7 Å². The maximum atomic E-state index is 12.4. The van der Waals surface area contributed by atoms with E-state index in [9.17, 15) is 14.9 Å². The maximum absolute atomic E-state index is 12.4. The van der Waals surface area contributed by atoms with Crippen LogP contribution in [0.5, 0.6) is 0 Å². The molecule has 3 rings (SSSR count). The van der Waals surface area contributed by atoms with Crippen LogP contribution in [0.1, 0.15) is 27.0 Å². The van der Waals surface area contributed by atoms with E-state index in [0.29, 0.717) is 5.71 Å². The topological polar surface area (TPSA) is 84.6 Å². The largest absolute Gasteiger partial charge is 0.271 e. The highest BCUT2D eigenvalue weighted by molar-refractivity contribution is 6.13. The fourth-order valence-electron chi connectivity index (χ4n) is 2.54. The van der Waals surface area contributed by atoms with Crippen molar-refractivity contribution in [2.24, 2.45) is 5.10 Å². The lowest BCUT2D eigenvalue weighted by Gasteiger charge is -2.08. The summed E-state index contributed by atoms with van der Waals surface area (Å²) in [6.45, 7) is 1.99. The normalized spacial score (nSPS) is 11.1. The first-order valence-electron chi connectivity index (χ1n) is 8.29. The lowest BCUT2D eigenvalue weighted by atomic mass is 10.0. The van der Waals surface area contributed by atoms with Crippen molar-refractivity contribution in [3.8, 4) is 0 Å². The number of nitrogens with zero attached hydrogens (tertiary/aromatic N) is 2. The molecule has 0 radical (unpaired) electrons. The average molecular weight is 359 g/mol. The number of non-ortho nitro benzene ring substituents is 1. The Labute approximate surface area is 156 Å². The third kappa shape index (κ3) is 4.43. The molecule has 3 aromatic rings. The van der Waals surface area contributed by atoms with Crippen LogP contribution in [0.2, 0.25) is 0 Å². The van der Waals surface area contributed by atoms with Gasteiger partial charge in [0.2, 0.25) is 0 Å². The van der Waals surface area contributed by atoms with Crippen molar-refractivity contribution < 1.29 is 9.72 Å². The van der Waals surface area contributed by atoms with Crippen LogP contribution >= 0.6 is 0 Å². The molecular weight excluding hydrogens is 342 g/mol. The van der Waals surface area contributed by atoms with E-state index >= 15 is 0 Å². The number of nitrogens with one attached hydrogen (secondary N) is 1. The quantitative estimate of drug-likeness (QED) is 0.423. The molecule has 0 unspecified atom stereocenters. The second-order valence-corrected chi connectivity index (χ2v) is 5.94. The molecule has 0 fully saturated rings. The third-order valence-corrected chi connectivity index (χ3v) is 3.96. The van der Waals surface area contributed by atoms with Gasteiger partial charge in [0.05, 0.1) is 10.6 Å². The first-order valence-corrected chi connectivity index (χ1v) is 8.29. The van der Waals surface area contributed by atoms with E-state index < -0.39 is 10.8 Å². The van der Waals surface area contributed by atoms with Gasteiger partial charge in [0.15, 0.2) is 0 Å². The van der Waals surface area contributed by atoms with E-state index in [1.807, 2.05) is 61.5 Å². The van der Waals surface area contributed by atoms with E-state index in [1.165, 1.54) is 24.3 Å². The number of amides is 1. The molecule has 0 aromatic heterocycles. The summed E-state index contributed by atoms with van der Waals surface area (Å²) >= 11 is 0. The summed E-state index contributed by atoms with van der Waals surface area (Å²) in [5, 5.41) is 15.2. The van der Waals surface area contributed by atoms with E-state index in [-0.39, 0.29) is 11.3 Å². The fourth-order valence-corrected chi connectivity index (χ4v) is 2.54.